The minimum absolute atomic E-state index is 0.0695. The summed E-state index contributed by atoms with van der Waals surface area (Å²) in [6.07, 6.45) is 1.63. The molecule has 0 atom stereocenters. The number of rotatable bonds is 8. The highest BCUT2D eigenvalue weighted by molar-refractivity contribution is 6.19. The van der Waals surface area contributed by atoms with Crippen molar-refractivity contribution >= 4 is 17.9 Å². The summed E-state index contributed by atoms with van der Waals surface area (Å²) in [5.74, 6) is -0.117. The molecule has 0 saturated carbocycles. The van der Waals surface area contributed by atoms with Gasteiger partial charge in [0.15, 0.2) is 11.5 Å². The van der Waals surface area contributed by atoms with Gasteiger partial charge in [0.05, 0.1) is 19.8 Å². The highest BCUT2D eigenvalue weighted by Crippen LogP contribution is 2.32. The number of benzene rings is 2. The first kappa shape index (κ1) is 24.7. The van der Waals surface area contributed by atoms with E-state index in [1.807, 2.05) is 13.0 Å². The van der Waals surface area contributed by atoms with E-state index in [9.17, 15) is 19.2 Å². The smallest absolute Gasteiger partial charge is 0.271 e. The molecule has 6 nitrogen and oxygen atoms in total. The lowest BCUT2D eigenvalue weighted by atomic mass is 9.93. The molecule has 0 N–H and O–H groups in total. The Morgan fingerprint density at radius 3 is 2.38 bits per heavy atom. The Hall–Kier alpha value is -3.92. The highest BCUT2D eigenvalue weighted by atomic mass is 19.1. The number of nitrogens with zero attached hydrogens (tertiary/aromatic N) is 2. The number of ether oxygens (including phenoxy) is 2. The van der Waals surface area contributed by atoms with Gasteiger partial charge < -0.3 is 9.47 Å². The normalized spacial score (nSPS) is 15.2. The Labute approximate surface area is 198 Å². The van der Waals surface area contributed by atoms with Crippen LogP contribution in [-0.4, -0.2) is 29.9 Å². The van der Waals surface area contributed by atoms with E-state index in [4.69, 9.17) is 9.47 Å². The van der Waals surface area contributed by atoms with E-state index in [1.54, 1.807) is 31.2 Å². The molecule has 2 amide bonds. The van der Waals surface area contributed by atoms with Crippen molar-refractivity contribution in [2.45, 2.75) is 34.2 Å². The number of amides is 2. The fourth-order valence-electron chi connectivity index (χ4n) is 3.47. The Balaban J connectivity index is 2.00. The van der Waals surface area contributed by atoms with E-state index in [0.29, 0.717) is 47.3 Å². The van der Waals surface area contributed by atoms with Gasteiger partial charge in [0, 0.05) is 5.57 Å². The van der Waals surface area contributed by atoms with Gasteiger partial charge in [-0.2, -0.15) is 5.26 Å². The van der Waals surface area contributed by atoms with E-state index in [-0.39, 0.29) is 17.7 Å². The molecule has 0 spiro atoms. The van der Waals surface area contributed by atoms with Crippen molar-refractivity contribution in [3.63, 3.8) is 0 Å². The summed E-state index contributed by atoms with van der Waals surface area (Å²) in [6.45, 7) is 8.46. The Morgan fingerprint density at radius 2 is 1.76 bits per heavy atom. The fourth-order valence-corrected chi connectivity index (χ4v) is 3.47. The van der Waals surface area contributed by atoms with Crippen LogP contribution in [0, 0.1) is 23.1 Å². The van der Waals surface area contributed by atoms with E-state index >= 15 is 0 Å². The maximum absolute atomic E-state index is 13.3. The van der Waals surface area contributed by atoms with Crippen molar-refractivity contribution < 1.29 is 23.5 Å². The zero-order valence-electron chi connectivity index (χ0n) is 19.7. The first-order chi connectivity index (χ1) is 16.2. The number of halogens is 1. The van der Waals surface area contributed by atoms with Crippen LogP contribution in [0.15, 0.2) is 59.2 Å². The van der Waals surface area contributed by atoms with E-state index in [0.717, 1.165) is 4.90 Å². The molecule has 1 aliphatic rings. The number of carbonyl (C=O) groups is 2. The van der Waals surface area contributed by atoms with E-state index < -0.39 is 17.6 Å². The SMILES string of the molecule is CCOc1cc(/C=C2/C(=O)N(Cc3ccc(F)cc3)C(=O)C(C#N)=C2C)ccc1OCC(C)C. The quantitative estimate of drug-likeness (QED) is 0.405. The van der Waals surface area contributed by atoms with Crippen molar-refractivity contribution in [2.24, 2.45) is 5.92 Å². The Kier molecular flexibility index (Phi) is 7.85. The molecule has 0 radical (unpaired) electrons. The van der Waals surface area contributed by atoms with Gasteiger partial charge in [-0.1, -0.05) is 32.0 Å². The Bertz CT molecular complexity index is 1190. The standard InChI is InChI=1S/C27H27FN2O4/c1-5-33-25-13-20(8-11-24(25)34-16-17(2)3)12-22-18(4)23(14-29)27(32)30(26(22)31)15-19-6-9-21(28)10-7-19/h6-13,17H,5,15-16H2,1-4H3/b22-12+. The van der Waals surface area contributed by atoms with Gasteiger partial charge in [0.1, 0.15) is 17.5 Å². The third-order valence-corrected chi connectivity index (χ3v) is 5.23. The summed E-state index contributed by atoms with van der Waals surface area (Å²) in [5.41, 5.74) is 1.68. The third-order valence-electron chi connectivity index (χ3n) is 5.23. The average molecular weight is 463 g/mol. The lowest BCUT2D eigenvalue weighted by molar-refractivity contribution is -0.141. The number of hydrogen-bond donors (Lipinski definition) is 0. The summed E-state index contributed by atoms with van der Waals surface area (Å²) >= 11 is 0. The average Bonchev–Trinajstić information content (AvgIpc) is 2.80. The first-order valence-electron chi connectivity index (χ1n) is 11.1. The van der Waals surface area contributed by atoms with Crippen molar-refractivity contribution in [3.8, 4) is 17.6 Å². The van der Waals surface area contributed by atoms with Gasteiger partial charge in [-0.25, -0.2) is 4.39 Å². The molecule has 0 fully saturated rings. The first-order valence-corrected chi connectivity index (χ1v) is 11.1. The zero-order valence-corrected chi connectivity index (χ0v) is 19.7. The molecule has 2 aromatic carbocycles. The molecule has 0 saturated heterocycles. The molecule has 1 aliphatic heterocycles. The lowest BCUT2D eigenvalue weighted by Gasteiger charge is -2.27. The van der Waals surface area contributed by atoms with Crippen molar-refractivity contribution in [3.05, 3.63) is 76.1 Å². The molecule has 34 heavy (non-hydrogen) atoms. The summed E-state index contributed by atoms with van der Waals surface area (Å²) in [6, 6.07) is 12.8. The Morgan fingerprint density at radius 1 is 1.06 bits per heavy atom. The molecule has 0 aromatic heterocycles. The molecule has 2 aromatic rings. The van der Waals surface area contributed by atoms with Crippen LogP contribution in [0.1, 0.15) is 38.8 Å². The molecule has 176 valence electrons. The lowest BCUT2D eigenvalue weighted by Crippen LogP contribution is -2.42. The summed E-state index contributed by atoms with van der Waals surface area (Å²) < 4.78 is 24.8. The second-order valence-corrected chi connectivity index (χ2v) is 8.34. The predicted molar refractivity (Wildman–Crippen MR) is 126 cm³/mol. The van der Waals surface area contributed by atoms with Gasteiger partial charge in [0.25, 0.3) is 11.8 Å². The van der Waals surface area contributed by atoms with Gasteiger partial charge in [-0.3, -0.25) is 14.5 Å². The molecule has 0 aliphatic carbocycles. The van der Waals surface area contributed by atoms with E-state index in [2.05, 4.69) is 13.8 Å². The molecular formula is C27H27FN2O4. The minimum atomic E-state index is -0.668. The summed E-state index contributed by atoms with van der Waals surface area (Å²) in [5, 5.41) is 9.60. The molecule has 3 rings (SSSR count). The van der Waals surface area contributed by atoms with Crippen LogP contribution in [0.25, 0.3) is 6.08 Å². The van der Waals surface area contributed by atoms with Gasteiger partial charge in [0.2, 0.25) is 0 Å². The number of nitriles is 1. The molecular weight excluding hydrogens is 435 g/mol. The van der Waals surface area contributed by atoms with Crippen molar-refractivity contribution in [1.82, 2.24) is 4.90 Å². The van der Waals surface area contributed by atoms with Crippen LogP contribution in [0.4, 0.5) is 4.39 Å². The van der Waals surface area contributed by atoms with Crippen LogP contribution < -0.4 is 9.47 Å². The zero-order chi connectivity index (χ0) is 24.8. The maximum Gasteiger partial charge on any atom is 0.271 e. The highest BCUT2D eigenvalue weighted by Gasteiger charge is 2.35. The monoisotopic (exact) mass is 462 g/mol. The van der Waals surface area contributed by atoms with Gasteiger partial charge in [-0.05, 0) is 66.8 Å². The number of hydrogen-bond acceptors (Lipinski definition) is 5. The second kappa shape index (κ2) is 10.8. The third kappa shape index (κ3) is 5.52. The van der Waals surface area contributed by atoms with Crippen LogP contribution >= 0.6 is 0 Å². The van der Waals surface area contributed by atoms with Crippen molar-refractivity contribution in [1.29, 1.82) is 5.26 Å². The molecule has 7 heteroatoms. The van der Waals surface area contributed by atoms with Crippen LogP contribution in [-0.2, 0) is 16.1 Å². The number of imide groups is 1. The minimum Gasteiger partial charge on any atom is -0.490 e. The van der Waals surface area contributed by atoms with Crippen LogP contribution in [0.5, 0.6) is 11.5 Å². The van der Waals surface area contributed by atoms with Crippen molar-refractivity contribution in [2.75, 3.05) is 13.2 Å². The maximum atomic E-state index is 13.3. The van der Waals surface area contributed by atoms with Crippen LogP contribution in [0.3, 0.4) is 0 Å². The predicted octanol–water partition coefficient (Wildman–Crippen LogP) is 5.05. The molecule has 0 unspecified atom stereocenters. The van der Waals surface area contributed by atoms with Gasteiger partial charge in [-0.15, -0.1) is 0 Å². The van der Waals surface area contributed by atoms with Crippen LogP contribution in [0.2, 0.25) is 0 Å². The van der Waals surface area contributed by atoms with Gasteiger partial charge >= 0.3 is 0 Å². The summed E-state index contributed by atoms with van der Waals surface area (Å²) in [7, 11) is 0. The van der Waals surface area contributed by atoms with E-state index in [1.165, 1.54) is 24.3 Å². The topological polar surface area (TPSA) is 79.6 Å². The summed E-state index contributed by atoms with van der Waals surface area (Å²) in [4.78, 5) is 27.2. The fraction of sp³-hybridized carbons (Fsp3) is 0.296. The molecule has 0 bridgehead atoms. The second-order valence-electron chi connectivity index (χ2n) is 8.34. The number of carbonyl (C=O) groups excluding carboxylic acids is 2. The largest absolute Gasteiger partial charge is 0.490 e. The molecule has 1 heterocycles.